The lowest BCUT2D eigenvalue weighted by atomic mass is 10.2. The zero-order valence-corrected chi connectivity index (χ0v) is 11.5. The average Bonchev–Trinajstić information content (AvgIpc) is 2.42. The van der Waals surface area contributed by atoms with Gasteiger partial charge in [0, 0.05) is 23.5 Å². The van der Waals surface area contributed by atoms with Crippen LogP contribution in [0, 0.1) is 3.57 Å². The molecule has 0 bridgehead atoms. The first kappa shape index (κ1) is 11.3. The smallest absolute Gasteiger partial charge is 0.147 e. The third kappa shape index (κ3) is 2.13. The predicted molar refractivity (Wildman–Crippen MR) is 79.8 cm³/mol. The van der Waals surface area contributed by atoms with Gasteiger partial charge in [-0.1, -0.05) is 6.07 Å². The molecule has 2 aromatic heterocycles. The number of aromatic nitrogens is 3. The van der Waals surface area contributed by atoms with Crippen molar-refractivity contribution in [2.24, 2.45) is 0 Å². The molecule has 0 spiro atoms. The molecule has 2 heterocycles. The van der Waals surface area contributed by atoms with Crippen LogP contribution in [0.2, 0.25) is 0 Å². The molecule has 0 amide bonds. The van der Waals surface area contributed by atoms with E-state index >= 15 is 0 Å². The fraction of sp³-hybridized carbons (Fsp3) is 0. The Balaban J connectivity index is 2.08. The van der Waals surface area contributed by atoms with Crippen LogP contribution in [-0.2, 0) is 0 Å². The first-order chi connectivity index (χ1) is 8.84. The molecule has 0 unspecified atom stereocenters. The van der Waals surface area contributed by atoms with Gasteiger partial charge in [0.1, 0.15) is 12.1 Å². The number of benzene rings is 1. The lowest BCUT2D eigenvalue weighted by molar-refractivity contribution is 1.15. The number of fused-ring (bicyclic) bond motifs is 1. The van der Waals surface area contributed by atoms with Crippen molar-refractivity contribution in [3.05, 3.63) is 52.6 Å². The quantitative estimate of drug-likeness (QED) is 0.722. The second-order valence-electron chi connectivity index (χ2n) is 3.72. The van der Waals surface area contributed by atoms with E-state index in [0.29, 0.717) is 0 Å². The predicted octanol–water partition coefficient (Wildman–Crippen LogP) is 3.37. The van der Waals surface area contributed by atoms with Gasteiger partial charge in [-0.15, -0.1) is 0 Å². The normalized spacial score (nSPS) is 10.5. The van der Waals surface area contributed by atoms with Gasteiger partial charge in [0.25, 0.3) is 0 Å². The van der Waals surface area contributed by atoms with Gasteiger partial charge in [0.05, 0.1) is 9.09 Å². The molecular weight excluding hydrogens is 339 g/mol. The number of anilines is 2. The molecule has 0 radical (unpaired) electrons. The van der Waals surface area contributed by atoms with Crippen molar-refractivity contribution in [2.75, 3.05) is 5.32 Å². The van der Waals surface area contributed by atoms with Crippen LogP contribution in [0.3, 0.4) is 0 Å². The van der Waals surface area contributed by atoms with Crippen LogP contribution < -0.4 is 5.32 Å². The number of halogens is 1. The first-order valence-corrected chi connectivity index (χ1v) is 6.49. The lowest BCUT2D eigenvalue weighted by Gasteiger charge is -2.09. The molecule has 0 saturated heterocycles. The Hall–Kier alpha value is -1.76. The number of hydrogen-bond donors (Lipinski definition) is 1. The molecule has 1 N–H and O–H groups in total. The number of pyridine rings is 1. The highest BCUT2D eigenvalue weighted by Gasteiger charge is 2.04. The van der Waals surface area contributed by atoms with Gasteiger partial charge in [0.2, 0.25) is 0 Å². The van der Waals surface area contributed by atoms with Gasteiger partial charge in [0.15, 0.2) is 0 Å². The summed E-state index contributed by atoms with van der Waals surface area (Å²) in [5, 5.41) is 4.39. The highest BCUT2D eigenvalue weighted by atomic mass is 127. The molecule has 0 atom stereocenters. The van der Waals surface area contributed by atoms with Gasteiger partial charge >= 0.3 is 0 Å². The maximum Gasteiger partial charge on any atom is 0.147 e. The van der Waals surface area contributed by atoms with E-state index in [1.54, 1.807) is 12.4 Å². The van der Waals surface area contributed by atoms with E-state index in [2.05, 4.69) is 42.9 Å². The largest absolute Gasteiger partial charge is 0.339 e. The molecule has 3 rings (SSSR count). The van der Waals surface area contributed by atoms with Crippen molar-refractivity contribution >= 4 is 45.0 Å². The molecule has 3 aromatic rings. The molecular formula is C13H9IN4. The number of hydrogen-bond acceptors (Lipinski definition) is 4. The molecule has 0 aliphatic heterocycles. The van der Waals surface area contributed by atoms with E-state index in [4.69, 9.17) is 0 Å². The van der Waals surface area contributed by atoms with Gasteiger partial charge in [-0.2, -0.15) is 0 Å². The van der Waals surface area contributed by atoms with Crippen LogP contribution in [0.15, 0.2) is 49.1 Å². The van der Waals surface area contributed by atoms with Crippen LogP contribution in [0.25, 0.3) is 10.9 Å². The zero-order valence-electron chi connectivity index (χ0n) is 9.34. The summed E-state index contributed by atoms with van der Waals surface area (Å²) in [4.78, 5) is 12.5. The second kappa shape index (κ2) is 4.85. The molecule has 5 heteroatoms. The lowest BCUT2D eigenvalue weighted by Crippen LogP contribution is -1.97. The van der Waals surface area contributed by atoms with Crippen molar-refractivity contribution < 1.29 is 0 Å². The number of nitrogens with zero attached hydrogens (tertiary/aromatic N) is 3. The summed E-state index contributed by atoms with van der Waals surface area (Å²) >= 11 is 2.21. The molecule has 88 valence electrons. The monoisotopic (exact) mass is 348 g/mol. The number of rotatable bonds is 2. The molecule has 0 aliphatic carbocycles. The summed E-state index contributed by atoms with van der Waals surface area (Å²) in [6, 6.07) is 9.95. The van der Waals surface area contributed by atoms with Crippen molar-refractivity contribution in [3.8, 4) is 0 Å². The molecule has 18 heavy (non-hydrogen) atoms. The van der Waals surface area contributed by atoms with Crippen LogP contribution in [0.5, 0.6) is 0 Å². The van der Waals surface area contributed by atoms with E-state index in [-0.39, 0.29) is 0 Å². The standard InChI is InChI=1S/C13H9IN4/c14-10-7-15-8-17-13(10)18-12-5-1-4-11-9(12)3-2-6-16-11/h1-8H,(H,15,17,18). The third-order valence-electron chi connectivity index (χ3n) is 2.57. The van der Waals surface area contributed by atoms with Gasteiger partial charge in [-0.3, -0.25) is 4.98 Å². The van der Waals surface area contributed by atoms with Crippen molar-refractivity contribution in [3.63, 3.8) is 0 Å². The summed E-state index contributed by atoms with van der Waals surface area (Å²) in [5.41, 5.74) is 1.96. The van der Waals surface area contributed by atoms with Crippen molar-refractivity contribution in [1.82, 2.24) is 15.0 Å². The van der Waals surface area contributed by atoms with Gasteiger partial charge in [-0.05, 0) is 46.9 Å². The highest BCUT2D eigenvalue weighted by molar-refractivity contribution is 14.1. The minimum atomic E-state index is 0.807. The minimum absolute atomic E-state index is 0.807. The molecule has 0 fully saturated rings. The van der Waals surface area contributed by atoms with Crippen LogP contribution in [0.1, 0.15) is 0 Å². The van der Waals surface area contributed by atoms with E-state index in [0.717, 1.165) is 26.0 Å². The maximum atomic E-state index is 4.33. The SMILES string of the molecule is Ic1cncnc1Nc1cccc2ncccc12. The summed E-state index contributed by atoms with van der Waals surface area (Å²) < 4.78 is 0.982. The first-order valence-electron chi connectivity index (χ1n) is 5.41. The van der Waals surface area contributed by atoms with Crippen molar-refractivity contribution in [1.29, 1.82) is 0 Å². The average molecular weight is 348 g/mol. The Labute approximate surface area is 118 Å². The van der Waals surface area contributed by atoms with Gasteiger partial charge < -0.3 is 5.32 Å². The molecule has 0 aliphatic rings. The number of nitrogens with one attached hydrogen (secondary N) is 1. The van der Waals surface area contributed by atoms with E-state index < -0.39 is 0 Å². The molecule has 4 nitrogen and oxygen atoms in total. The molecule has 0 saturated carbocycles. The second-order valence-corrected chi connectivity index (χ2v) is 4.88. The van der Waals surface area contributed by atoms with Gasteiger partial charge in [-0.25, -0.2) is 9.97 Å². The zero-order chi connectivity index (χ0) is 12.4. The van der Waals surface area contributed by atoms with E-state index in [1.807, 2.05) is 30.3 Å². The fourth-order valence-electron chi connectivity index (χ4n) is 1.74. The minimum Gasteiger partial charge on any atom is -0.339 e. The Bertz CT molecular complexity index is 694. The Morgan fingerprint density at radius 2 is 2.00 bits per heavy atom. The van der Waals surface area contributed by atoms with Crippen molar-refractivity contribution in [2.45, 2.75) is 0 Å². The summed E-state index contributed by atoms with van der Waals surface area (Å²) in [7, 11) is 0. The van der Waals surface area contributed by atoms with Crippen LogP contribution >= 0.6 is 22.6 Å². The highest BCUT2D eigenvalue weighted by Crippen LogP contribution is 2.25. The fourth-order valence-corrected chi connectivity index (χ4v) is 2.18. The Kier molecular flexibility index (Phi) is 3.06. The summed E-state index contributed by atoms with van der Waals surface area (Å²) in [5.74, 6) is 0.807. The van der Waals surface area contributed by atoms with Crippen LogP contribution in [0.4, 0.5) is 11.5 Å². The maximum absolute atomic E-state index is 4.33. The Morgan fingerprint density at radius 3 is 2.89 bits per heavy atom. The Morgan fingerprint density at radius 1 is 1.06 bits per heavy atom. The topological polar surface area (TPSA) is 50.7 Å². The van der Waals surface area contributed by atoms with E-state index in [9.17, 15) is 0 Å². The molecule has 1 aromatic carbocycles. The third-order valence-corrected chi connectivity index (χ3v) is 3.36. The van der Waals surface area contributed by atoms with Crippen LogP contribution in [-0.4, -0.2) is 15.0 Å². The summed E-state index contributed by atoms with van der Waals surface area (Å²) in [6.07, 6.45) is 5.10. The van der Waals surface area contributed by atoms with E-state index in [1.165, 1.54) is 6.33 Å². The summed E-state index contributed by atoms with van der Waals surface area (Å²) in [6.45, 7) is 0.